The molecule has 0 bridgehead atoms. The van der Waals surface area contributed by atoms with Crippen molar-refractivity contribution in [1.82, 2.24) is 4.90 Å². The Balaban J connectivity index is 4.94. The van der Waals surface area contributed by atoms with Crippen molar-refractivity contribution in [2.24, 2.45) is 5.73 Å². The summed E-state index contributed by atoms with van der Waals surface area (Å²) in [4.78, 5) is 13.7. The molecular weight excluding hydrogens is 240 g/mol. The van der Waals surface area contributed by atoms with Crippen LogP contribution in [0.2, 0.25) is 0 Å². The van der Waals surface area contributed by atoms with Crippen LogP contribution in [0.25, 0.3) is 0 Å². The Labute approximate surface area is 104 Å². The molecule has 0 heterocycles. The van der Waals surface area contributed by atoms with Gasteiger partial charge in [0, 0.05) is 25.9 Å². The van der Waals surface area contributed by atoms with E-state index in [1.165, 1.54) is 13.8 Å². The number of nitrogens with two attached hydrogens (primary N) is 1. The van der Waals surface area contributed by atoms with Crippen molar-refractivity contribution < 1.29 is 13.2 Å². The van der Waals surface area contributed by atoms with Crippen molar-refractivity contribution in [3.8, 4) is 0 Å². The average molecular weight is 264 g/mol. The van der Waals surface area contributed by atoms with Crippen LogP contribution in [0.15, 0.2) is 0 Å². The molecule has 5 nitrogen and oxygen atoms in total. The van der Waals surface area contributed by atoms with E-state index in [1.54, 1.807) is 4.90 Å². The molecule has 0 aliphatic heterocycles. The number of sulfone groups is 1. The number of amides is 1. The van der Waals surface area contributed by atoms with Crippen LogP contribution in [0, 0.1) is 0 Å². The molecule has 0 rings (SSSR count). The van der Waals surface area contributed by atoms with Gasteiger partial charge in [-0.3, -0.25) is 4.79 Å². The second kappa shape index (κ2) is 6.35. The molecule has 0 aromatic carbocycles. The van der Waals surface area contributed by atoms with E-state index in [0.29, 0.717) is 19.6 Å². The molecule has 2 N–H and O–H groups in total. The van der Waals surface area contributed by atoms with E-state index in [4.69, 9.17) is 5.73 Å². The standard InChI is InChI=1S/C11H24N2O3S/c1-5-6-8-13(9-7-12)10(14)11(2,3)17(4,15)16/h5-9,12H2,1-4H3. The van der Waals surface area contributed by atoms with Crippen molar-refractivity contribution >= 4 is 15.7 Å². The molecule has 0 saturated carbocycles. The Morgan fingerprint density at radius 3 is 2.18 bits per heavy atom. The van der Waals surface area contributed by atoms with E-state index in [1.807, 2.05) is 6.92 Å². The van der Waals surface area contributed by atoms with E-state index in [0.717, 1.165) is 19.1 Å². The summed E-state index contributed by atoms with van der Waals surface area (Å²) in [6, 6.07) is 0. The number of unbranched alkanes of at least 4 members (excludes halogenated alkanes) is 1. The summed E-state index contributed by atoms with van der Waals surface area (Å²) in [5.41, 5.74) is 5.45. The van der Waals surface area contributed by atoms with Gasteiger partial charge < -0.3 is 10.6 Å². The van der Waals surface area contributed by atoms with Gasteiger partial charge in [-0.2, -0.15) is 0 Å². The summed E-state index contributed by atoms with van der Waals surface area (Å²) in [7, 11) is -3.42. The molecule has 0 atom stereocenters. The van der Waals surface area contributed by atoms with Crippen molar-refractivity contribution in [1.29, 1.82) is 0 Å². The van der Waals surface area contributed by atoms with E-state index in [2.05, 4.69) is 0 Å². The lowest BCUT2D eigenvalue weighted by Crippen LogP contribution is -2.51. The van der Waals surface area contributed by atoms with Crippen molar-refractivity contribution in [3.05, 3.63) is 0 Å². The molecule has 0 aliphatic rings. The highest BCUT2D eigenvalue weighted by atomic mass is 32.2. The van der Waals surface area contributed by atoms with Gasteiger partial charge in [0.25, 0.3) is 0 Å². The molecule has 0 saturated heterocycles. The third-order valence-electron chi connectivity index (χ3n) is 2.91. The number of carbonyl (C=O) groups is 1. The zero-order chi connectivity index (χ0) is 13.7. The SMILES string of the molecule is CCCCN(CCN)C(=O)C(C)(C)S(C)(=O)=O. The normalized spacial score (nSPS) is 12.5. The number of hydrogen-bond donors (Lipinski definition) is 1. The van der Waals surface area contributed by atoms with Crippen LogP contribution in [-0.4, -0.2) is 49.9 Å². The van der Waals surface area contributed by atoms with E-state index in [9.17, 15) is 13.2 Å². The minimum Gasteiger partial charge on any atom is -0.340 e. The largest absolute Gasteiger partial charge is 0.340 e. The number of hydrogen-bond acceptors (Lipinski definition) is 4. The Morgan fingerprint density at radius 1 is 1.29 bits per heavy atom. The molecule has 0 fully saturated rings. The number of nitrogens with zero attached hydrogens (tertiary/aromatic N) is 1. The first-order valence-electron chi connectivity index (χ1n) is 5.87. The van der Waals surface area contributed by atoms with Gasteiger partial charge in [-0.15, -0.1) is 0 Å². The molecule has 0 unspecified atom stereocenters. The van der Waals surface area contributed by atoms with Gasteiger partial charge in [0.2, 0.25) is 5.91 Å². The highest BCUT2D eigenvalue weighted by molar-refractivity contribution is 7.92. The van der Waals surface area contributed by atoms with Crippen LogP contribution in [0.4, 0.5) is 0 Å². The minimum atomic E-state index is -3.42. The summed E-state index contributed by atoms with van der Waals surface area (Å²) in [6.45, 7) is 6.21. The number of rotatable bonds is 7. The summed E-state index contributed by atoms with van der Waals surface area (Å²) < 4.78 is 21.8. The van der Waals surface area contributed by atoms with Crippen LogP contribution < -0.4 is 5.73 Å². The predicted molar refractivity (Wildman–Crippen MR) is 69.5 cm³/mol. The van der Waals surface area contributed by atoms with Gasteiger partial charge in [-0.1, -0.05) is 13.3 Å². The zero-order valence-corrected chi connectivity index (χ0v) is 12.0. The molecule has 0 aromatic rings. The van der Waals surface area contributed by atoms with Gasteiger partial charge in [0.05, 0.1) is 0 Å². The van der Waals surface area contributed by atoms with Crippen LogP contribution in [0.3, 0.4) is 0 Å². The zero-order valence-electron chi connectivity index (χ0n) is 11.2. The van der Waals surface area contributed by atoms with Crippen molar-refractivity contribution in [2.75, 3.05) is 25.9 Å². The van der Waals surface area contributed by atoms with Crippen molar-refractivity contribution in [2.45, 2.75) is 38.4 Å². The van der Waals surface area contributed by atoms with Gasteiger partial charge in [0.1, 0.15) is 4.75 Å². The first-order valence-corrected chi connectivity index (χ1v) is 7.76. The summed E-state index contributed by atoms with van der Waals surface area (Å²) >= 11 is 0. The lowest BCUT2D eigenvalue weighted by molar-refractivity contribution is -0.133. The Bertz CT molecular complexity index is 350. The highest BCUT2D eigenvalue weighted by Gasteiger charge is 2.40. The average Bonchev–Trinajstić information content (AvgIpc) is 2.21. The third kappa shape index (κ3) is 4.27. The van der Waals surface area contributed by atoms with Crippen molar-refractivity contribution in [3.63, 3.8) is 0 Å². The highest BCUT2D eigenvalue weighted by Crippen LogP contribution is 2.18. The molecule has 1 amide bonds. The molecule has 0 aliphatic carbocycles. The fourth-order valence-corrected chi connectivity index (χ4v) is 1.81. The second-order valence-electron chi connectivity index (χ2n) is 4.72. The predicted octanol–water partition coefficient (Wildman–Crippen LogP) is 0.397. The smallest absolute Gasteiger partial charge is 0.243 e. The molecule has 0 spiro atoms. The molecule has 17 heavy (non-hydrogen) atoms. The fourth-order valence-electron chi connectivity index (χ4n) is 1.36. The quantitative estimate of drug-likeness (QED) is 0.721. The Hall–Kier alpha value is -0.620. The molecule has 102 valence electrons. The maximum Gasteiger partial charge on any atom is 0.243 e. The summed E-state index contributed by atoms with van der Waals surface area (Å²) in [5, 5.41) is 0. The molecule has 6 heteroatoms. The van der Waals surface area contributed by atoms with Gasteiger partial charge in [-0.05, 0) is 20.3 Å². The van der Waals surface area contributed by atoms with Gasteiger partial charge in [-0.25, -0.2) is 8.42 Å². The maximum atomic E-state index is 12.2. The summed E-state index contributed by atoms with van der Waals surface area (Å²) in [6.07, 6.45) is 2.89. The van der Waals surface area contributed by atoms with E-state index in [-0.39, 0.29) is 5.91 Å². The summed E-state index contributed by atoms with van der Waals surface area (Å²) in [5.74, 6) is -0.362. The lowest BCUT2D eigenvalue weighted by atomic mass is 10.1. The first-order chi connectivity index (χ1) is 7.68. The van der Waals surface area contributed by atoms with E-state index >= 15 is 0 Å². The van der Waals surface area contributed by atoms with E-state index < -0.39 is 14.6 Å². The maximum absolute atomic E-state index is 12.2. The molecular formula is C11H24N2O3S. The Morgan fingerprint density at radius 2 is 1.82 bits per heavy atom. The van der Waals surface area contributed by atoms with Crippen LogP contribution in [0.1, 0.15) is 33.6 Å². The first kappa shape index (κ1) is 16.4. The second-order valence-corrected chi connectivity index (χ2v) is 7.28. The van der Waals surface area contributed by atoms with Crippen LogP contribution >= 0.6 is 0 Å². The molecule has 0 radical (unpaired) electrons. The Kier molecular flexibility index (Phi) is 6.12. The van der Waals surface area contributed by atoms with Crippen LogP contribution in [0.5, 0.6) is 0 Å². The van der Waals surface area contributed by atoms with Crippen LogP contribution in [-0.2, 0) is 14.6 Å². The number of carbonyl (C=O) groups excluding carboxylic acids is 1. The lowest BCUT2D eigenvalue weighted by Gasteiger charge is -2.30. The topological polar surface area (TPSA) is 80.5 Å². The third-order valence-corrected chi connectivity index (χ3v) is 4.94. The fraction of sp³-hybridized carbons (Fsp3) is 0.909. The van der Waals surface area contributed by atoms with Gasteiger partial charge >= 0.3 is 0 Å². The minimum absolute atomic E-state index is 0.343. The van der Waals surface area contributed by atoms with Gasteiger partial charge in [0.15, 0.2) is 9.84 Å². The monoisotopic (exact) mass is 264 g/mol. The molecule has 0 aromatic heterocycles.